The van der Waals surface area contributed by atoms with Crippen LogP contribution in [0.4, 0.5) is 0 Å². The summed E-state index contributed by atoms with van der Waals surface area (Å²) in [6.45, 7) is 0. The van der Waals surface area contributed by atoms with E-state index < -0.39 is 0 Å². The van der Waals surface area contributed by atoms with Crippen LogP contribution < -0.4 is 0 Å². The number of benzene rings is 3. The van der Waals surface area contributed by atoms with Gasteiger partial charge in [-0.2, -0.15) is 0 Å². The molecule has 8 nitrogen and oxygen atoms in total. The van der Waals surface area contributed by atoms with Gasteiger partial charge in [0.2, 0.25) is 0 Å². The maximum absolute atomic E-state index is 4.99. The van der Waals surface area contributed by atoms with E-state index in [1.165, 1.54) is 0 Å². The van der Waals surface area contributed by atoms with Gasteiger partial charge in [-0.3, -0.25) is 19.9 Å². The molecular formula is C48H30N8. The predicted molar refractivity (Wildman–Crippen MR) is 224 cm³/mol. The Morgan fingerprint density at radius 2 is 0.750 bits per heavy atom. The zero-order chi connectivity index (χ0) is 37.0. The summed E-state index contributed by atoms with van der Waals surface area (Å²) in [5, 5.41) is 2.12. The first-order chi connectivity index (χ1) is 27.8. The molecular weight excluding hydrogens is 689 g/mol. The first-order valence-electron chi connectivity index (χ1n) is 18.4. The number of pyridine rings is 6. The molecule has 0 aliphatic heterocycles. The van der Waals surface area contributed by atoms with E-state index in [9.17, 15) is 0 Å². The number of aromatic nitrogens is 8. The van der Waals surface area contributed by atoms with Crippen LogP contribution in [-0.4, -0.2) is 39.0 Å². The SMILES string of the molecule is c1ccc(-c2cccc(-c3ccc4c(c3)c3ncccc3n4-c3cccc(-n4c5ccc(-c6cccc(-c7ccccn7)n6)cc5c5ncccc54)c3)n2)nc1. The zero-order valence-corrected chi connectivity index (χ0v) is 29.9. The average molecular weight is 719 g/mol. The van der Waals surface area contributed by atoms with E-state index in [-0.39, 0.29) is 0 Å². The highest BCUT2D eigenvalue weighted by atomic mass is 15.0. The maximum Gasteiger partial charge on any atom is 0.0963 e. The van der Waals surface area contributed by atoms with Crippen molar-refractivity contribution in [3.05, 3.63) is 183 Å². The van der Waals surface area contributed by atoms with Crippen molar-refractivity contribution >= 4 is 43.9 Å². The van der Waals surface area contributed by atoms with E-state index in [4.69, 9.17) is 19.9 Å². The third kappa shape index (κ3) is 5.23. The molecule has 0 fully saturated rings. The van der Waals surface area contributed by atoms with Crippen molar-refractivity contribution in [1.29, 1.82) is 0 Å². The van der Waals surface area contributed by atoms with E-state index in [1.54, 1.807) is 12.4 Å². The Hall–Kier alpha value is -7.84. The highest BCUT2D eigenvalue weighted by molar-refractivity contribution is 6.09. The molecule has 3 aromatic carbocycles. The fourth-order valence-corrected chi connectivity index (χ4v) is 7.82. The average Bonchev–Trinajstić information content (AvgIpc) is 3.79. The van der Waals surface area contributed by atoms with Gasteiger partial charge in [-0.25, -0.2) is 9.97 Å². The first-order valence-corrected chi connectivity index (χ1v) is 18.4. The van der Waals surface area contributed by atoms with E-state index in [2.05, 4.69) is 91.9 Å². The topological polar surface area (TPSA) is 87.2 Å². The summed E-state index contributed by atoms with van der Waals surface area (Å²) < 4.78 is 4.60. The highest BCUT2D eigenvalue weighted by Crippen LogP contribution is 2.37. The number of fused-ring (bicyclic) bond motifs is 6. The Bertz CT molecular complexity index is 3040. The van der Waals surface area contributed by atoms with Gasteiger partial charge in [-0.1, -0.05) is 42.5 Å². The van der Waals surface area contributed by atoms with Gasteiger partial charge in [0.05, 0.1) is 67.3 Å². The van der Waals surface area contributed by atoms with Gasteiger partial charge in [-0.05, 0) is 115 Å². The van der Waals surface area contributed by atoms with Crippen LogP contribution in [0.2, 0.25) is 0 Å². The molecule has 8 aromatic heterocycles. The van der Waals surface area contributed by atoms with E-state index >= 15 is 0 Å². The molecule has 0 radical (unpaired) electrons. The molecule has 262 valence electrons. The summed E-state index contributed by atoms with van der Waals surface area (Å²) in [5.74, 6) is 0. The number of hydrogen-bond donors (Lipinski definition) is 0. The third-order valence-corrected chi connectivity index (χ3v) is 10.3. The molecule has 0 saturated heterocycles. The molecule has 0 atom stereocenters. The first kappa shape index (κ1) is 31.7. The Balaban J connectivity index is 1.03. The maximum atomic E-state index is 4.99. The van der Waals surface area contributed by atoms with Crippen LogP contribution in [-0.2, 0) is 0 Å². The summed E-state index contributed by atoms with van der Waals surface area (Å²) >= 11 is 0. The molecule has 0 amide bonds. The van der Waals surface area contributed by atoms with Crippen molar-refractivity contribution in [3.8, 4) is 56.7 Å². The summed E-state index contributed by atoms with van der Waals surface area (Å²) in [4.78, 5) is 28.8. The van der Waals surface area contributed by atoms with Crippen molar-refractivity contribution < 1.29 is 0 Å². The van der Waals surface area contributed by atoms with Gasteiger partial charge in [0.1, 0.15) is 0 Å². The summed E-state index contributed by atoms with van der Waals surface area (Å²) in [6, 6.07) is 53.9. The van der Waals surface area contributed by atoms with E-state index in [0.29, 0.717) is 0 Å². The van der Waals surface area contributed by atoms with Crippen LogP contribution in [0.25, 0.3) is 101 Å². The number of nitrogens with zero attached hydrogens (tertiary/aromatic N) is 8. The Morgan fingerprint density at radius 3 is 1.23 bits per heavy atom. The van der Waals surface area contributed by atoms with Gasteiger partial charge < -0.3 is 9.13 Å². The minimum absolute atomic E-state index is 0.837. The van der Waals surface area contributed by atoms with Crippen LogP contribution in [0.3, 0.4) is 0 Å². The summed E-state index contributed by atoms with van der Waals surface area (Å²) in [6.07, 6.45) is 7.31. The Labute approximate surface area is 321 Å². The highest BCUT2D eigenvalue weighted by Gasteiger charge is 2.18. The number of rotatable bonds is 6. The summed E-state index contributed by atoms with van der Waals surface area (Å²) in [5.41, 5.74) is 15.3. The lowest BCUT2D eigenvalue weighted by Crippen LogP contribution is -1.98. The molecule has 0 aliphatic carbocycles. The normalized spacial score (nSPS) is 11.6. The van der Waals surface area contributed by atoms with E-state index in [1.807, 2.05) is 97.3 Å². The molecule has 8 heterocycles. The molecule has 0 bridgehead atoms. The molecule has 0 saturated carbocycles. The van der Waals surface area contributed by atoms with Crippen LogP contribution >= 0.6 is 0 Å². The van der Waals surface area contributed by atoms with Crippen LogP contribution in [0, 0.1) is 0 Å². The number of hydrogen-bond acceptors (Lipinski definition) is 6. The Morgan fingerprint density at radius 1 is 0.304 bits per heavy atom. The van der Waals surface area contributed by atoms with Gasteiger partial charge >= 0.3 is 0 Å². The second-order valence-corrected chi connectivity index (χ2v) is 13.6. The lowest BCUT2D eigenvalue weighted by atomic mass is 10.1. The van der Waals surface area contributed by atoms with Gasteiger partial charge in [-0.15, -0.1) is 0 Å². The quantitative estimate of drug-likeness (QED) is 0.170. The second kappa shape index (κ2) is 12.9. The minimum atomic E-state index is 0.837. The van der Waals surface area contributed by atoms with Crippen LogP contribution in [0.15, 0.2) is 183 Å². The van der Waals surface area contributed by atoms with Crippen LogP contribution in [0.1, 0.15) is 0 Å². The van der Waals surface area contributed by atoms with Gasteiger partial charge in [0, 0.05) is 58.1 Å². The molecule has 0 N–H and O–H groups in total. The van der Waals surface area contributed by atoms with Crippen molar-refractivity contribution in [2.24, 2.45) is 0 Å². The van der Waals surface area contributed by atoms with E-state index in [0.717, 1.165) is 101 Å². The molecule has 11 aromatic rings. The predicted octanol–water partition coefficient (Wildman–Crippen LogP) is 10.9. The van der Waals surface area contributed by atoms with Crippen LogP contribution in [0.5, 0.6) is 0 Å². The molecule has 8 heteroatoms. The van der Waals surface area contributed by atoms with Gasteiger partial charge in [0.15, 0.2) is 0 Å². The molecule has 56 heavy (non-hydrogen) atoms. The van der Waals surface area contributed by atoms with Gasteiger partial charge in [0.25, 0.3) is 0 Å². The van der Waals surface area contributed by atoms with Crippen molar-refractivity contribution in [1.82, 2.24) is 39.0 Å². The standard InChI is InChI=1S/C48H30N8/c1-3-24-49-39(12-1)41-16-6-14-37(53-41)31-20-22-43-35(28-31)47-45(18-8-26-51-47)55(43)33-10-5-11-34(30-33)56-44-23-21-32(29-36(44)48-46(56)19-9-27-52-48)38-15-7-17-42(54-38)40-13-2-4-25-50-40/h1-30H. The molecule has 0 unspecified atom stereocenters. The smallest absolute Gasteiger partial charge is 0.0963 e. The fourth-order valence-electron chi connectivity index (χ4n) is 7.82. The third-order valence-electron chi connectivity index (χ3n) is 10.3. The minimum Gasteiger partial charge on any atom is -0.308 e. The molecule has 0 aliphatic rings. The molecule has 0 spiro atoms. The monoisotopic (exact) mass is 718 g/mol. The summed E-state index contributed by atoms with van der Waals surface area (Å²) in [7, 11) is 0. The molecule has 11 rings (SSSR count). The van der Waals surface area contributed by atoms with Crippen molar-refractivity contribution in [2.75, 3.05) is 0 Å². The zero-order valence-electron chi connectivity index (χ0n) is 29.9. The Kier molecular flexibility index (Phi) is 7.31. The fraction of sp³-hybridized carbons (Fsp3) is 0. The lowest BCUT2D eigenvalue weighted by molar-refractivity contribution is 1.13. The largest absolute Gasteiger partial charge is 0.308 e. The van der Waals surface area contributed by atoms with Crippen molar-refractivity contribution in [3.63, 3.8) is 0 Å². The second-order valence-electron chi connectivity index (χ2n) is 13.6. The lowest BCUT2D eigenvalue weighted by Gasteiger charge is -2.13. The van der Waals surface area contributed by atoms with Crippen molar-refractivity contribution in [2.45, 2.75) is 0 Å².